The highest BCUT2D eigenvalue weighted by molar-refractivity contribution is 6.90. The molecular weight excluding hydrogens is 590 g/mol. The number of aromatic nitrogens is 3. The van der Waals surface area contributed by atoms with Gasteiger partial charge in [0.05, 0.1) is 34.3 Å². The van der Waals surface area contributed by atoms with E-state index < -0.39 is 38.4 Å². The average molecular weight is 637 g/mol. The fourth-order valence-corrected chi connectivity index (χ4v) is 13.8. The summed E-state index contributed by atoms with van der Waals surface area (Å²) in [4.78, 5) is 24.7. The Bertz CT molecular complexity index is 2030. The van der Waals surface area contributed by atoms with Crippen LogP contribution in [0.1, 0.15) is 116 Å². The van der Waals surface area contributed by atoms with Crippen LogP contribution in [0.2, 0.25) is 16.6 Å². The van der Waals surface area contributed by atoms with Crippen LogP contribution >= 0.6 is 0 Å². The Hall–Kier alpha value is -3.80. The molecule has 2 atom stereocenters. The van der Waals surface area contributed by atoms with E-state index in [-0.39, 0.29) is 6.04 Å². The fraction of sp³-hybridized carbons (Fsp3) is 0.447. The second-order valence-electron chi connectivity index (χ2n) is 14.5. The van der Waals surface area contributed by atoms with Crippen LogP contribution in [0, 0.1) is 17.3 Å². The molecule has 2 N–H and O–H groups in total. The van der Waals surface area contributed by atoms with Gasteiger partial charge in [0.1, 0.15) is 19.7 Å². The molecule has 0 saturated heterocycles. The zero-order valence-corrected chi connectivity index (χ0v) is 28.5. The zero-order chi connectivity index (χ0) is 35.2. The molecule has 0 radical (unpaired) electrons. The van der Waals surface area contributed by atoms with E-state index in [1.807, 2.05) is 30.3 Å². The van der Waals surface area contributed by atoms with Crippen molar-refractivity contribution in [3.8, 4) is 22.6 Å². The molecule has 2 bridgehead atoms. The Labute approximate surface area is 276 Å². The normalized spacial score (nSPS) is 21.3. The van der Waals surface area contributed by atoms with Gasteiger partial charge < -0.3 is 15.2 Å². The van der Waals surface area contributed by atoms with Crippen LogP contribution < -0.4 is 5.73 Å². The number of hydrogen-bond acceptors (Lipinski definition) is 4. The number of nitrogens with two attached hydrogens (primary N) is 1. The van der Waals surface area contributed by atoms with Crippen LogP contribution in [0.25, 0.3) is 22.2 Å². The van der Waals surface area contributed by atoms with Gasteiger partial charge in [-0.05, 0) is 71.8 Å². The number of nitrogens with zero attached hydrogens (tertiary/aromatic N) is 4. The summed E-state index contributed by atoms with van der Waals surface area (Å²) < 4.78 is 42.8. The van der Waals surface area contributed by atoms with Crippen molar-refractivity contribution >= 4 is 25.0 Å². The molecule has 2 aromatic carbocycles. The summed E-state index contributed by atoms with van der Waals surface area (Å²) in [6.07, 6.45) is 4.42. The highest BCUT2D eigenvalue weighted by Crippen LogP contribution is 2.49. The zero-order valence-electron chi connectivity index (χ0n) is 30.5. The molecule has 238 valence electrons. The van der Waals surface area contributed by atoms with Crippen LogP contribution in [-0.4, -0.2) is 40.4 Å². The van der Waals surface area contributed by atoms with Crippen LogP contribution in [0.5, 0.6) is 0 Å². The van der Waals surface area contributed by atoms with Crippen molar-refractivity contribution in [1.82, 2.24) is 19.4 Å². The van der Waals surface area contributed by atoms with Crippen molar-refractivity contribution in [3.63, 3.8) is 0 Å². The Morgan fingerprint density at radius 2 is 1.78 bits per heavy atom. The second-order valence-corrected chi connectivity index (χ2v) is 20.0. The number of fused-ring (bicyclic) bond motifs is 9. The van der Waals surface area contributed by atoms with Gasteiger partial charge in [0.15, 0.2) is 0 Å². The third kappa shape index (κ3) is 4.42. The predicted molar refractivity (Wildman–Crippen MR) is 185 cm³/mol. The van der Waals surface area contributed by atoms with E-state index in [1.165, 1.54) is 6.07 Å². The molecule has 4 heterocycles. The maximum absolute atomic E-state index is 15.4. The van der Waals surface area contributed by atoms with E-state index in [0.717, 1.165) is 33.5 Å². The Balaban J connectivity index is 1.42. The lowest BCUT2D eigenvalue weighted by molar-refractivity contribution is 0.0734. The molecule has 6 nitrogen and oxygen atoms in total. The number of rotatable bonds is 5. The van der Waals surface area contributed by atoms with Crippen LogP contribution in [-0.2, 0) is 5.54 Å². The molecule has 46 heavy (non-hydrogen) atoms. The molecule has 0 spiro atoms. The molecule has 3 aliphatic rings. The van der Waals surface area contributed by atoms with E-state index in [0.29, 0.717) is 64.0 Å². The summed E-state index contributed by atoms with van der Waals surface area (Å²) in [5.74, 6) is 3.17. The van der Waals surface area contributed by atoms with Crippen molar-refractivity contribution < 1.29 is 13.3 Å². The topological polar surface area (TPSA) is 77.0 Å². The first kappa shape index (κ1) is 27.3. The van der Waals surface area contributed by atoms with Gasteiger partial charge in [-0.3, -0.25) is 9.78 Å². The standard InChI is InChI=1S/C38H44FN5OSi/c1-22(2)46(23(3)4,24(5)6)17-14-25-10-8-11-28-34(25)32-20-33(43(7)37(28)45)36-42-30-13-12-26(19-31(30)44(32)36)27-18-29(39)35(41-21-27)38(40)15-9-16-38/h8,10-13,18-19,21-24,32-33H,9,15-16,20,40H2,1-7H3/t32-,33-/m1/s1/i7D3. The third-order valence-corrected chi connectivity index (χ3v) is 17.4. The summed E-state index contributed by atoms with van der Waals surface area (Å²) >= 11 is 0. The lowest BCUT2D eigenvalue weighted by Gasteiger charge is -2.38. The van der Waals surface area contributed by atoms with Crippen molar-refractivity contribution in [2.75, 3.05) is 6.98 Å². The molecule has 1 saturated carbocycles. The lowest BCUT2D eigenvalue weighted by atomic mass is 9.75. The Morgan fingerprint density at radius 1 is 1.04 bits per heavy atom. The molecule has 1 amide bonds. The molecule has 1 fully saturated rings. The Morgan fingerprint density at radius 3 is 2.41 bits per heavy atom. The van der Waals surface area contributed by atoms with E-state index in [1.54, 1.807) is 12.3 Å². The molecule has 4 aromatic rings. The summed E-state index contributed by atoms with van der Waals surface area (Å²) in [6, 6.07) is 11.6. The number of halogens is 1. The summed E-state index contributed by atoms with van der Waals surface area (Å²) in [7, 11) is -2.13. The summed E-state index contributed by atoms with van der Waals surface area (Å²) in [6.45, 7) is 10.9. The minimum Gasteiger partial charge on any atom is -0.331 e. The number of hydrogen-bond donors (Lipinski definition) is 1. The summed E-state index contributed by atoms with van der Waals surface area (Å²) in [5, 5.41) is 0. The minimum absolute atomic E-state index is 0.304. The fourth-order valence-electron chi connectivity index (χ4n) is 8.60. The first-order valence-corrected chi connectivity index (χ1v) is 18.8. The van der Waals surface area contributed by atoms with Gasteiger partial charge in [0.2, 0.25) is 0 Å². The monoisotopic (exact) mass is 636 g/mol. The number of carbonyl (C=O) groups is 1. The van der Waals surface area contributed by atoms with Gasteiger partial charge in [0, 0.05) is 46.0 Å². The predicted octanol–water partition coefficient (Wildman–Crippen LogP) is 8.26. The average Bonchev–Trinajstić information content (AvgIpc) is 3.51. The second kappa shape index (κ2) is 10.9. The van der Waals surface area contributed by atoms with Gasteiger partial charge in [-0.25, -0.2) is 9.37 Å². The number of imidazole rings is 1. The number of pyridine rings is 1. The van der Waals surface area contributed by atoms with E-state index >= 15 is 4.39 Å². The lowest BCUT2D eigenvalue weighted by Crippen LogP contribution is -2.44. The first-order chi connectivity index (χ1) is 23.1. The van der Waals surface area contributed by atoms with Gasteiger partial charge in [0.25, 0.3) is 5.91 Å². The molecule has 1 aliphatic carbocycles. The molecule has 0 unspecified atom stereocenters. The smallest absolute Gasteiger partial charge is 0.254 e. The molecular formula is C38H44FN5OSi. The van der Waals surface area contributed by atoms with Gasteiger partial charge in [-0.15, -0.1) is 5.54 Å². The SMILES string of the molecule is [2H]C([2H])([2H])N1C(=O)c2cccc(C#C[Si](C(C)C)(C(C)C)C(C)C)c2[C@H]2C[C@@H]1c1nc3ccc(-c4cnc(C5(N)CCC5)c(F)c4)cc3n12. The van der Waals surface area contributed by atoms with E-state index in [2.05, 4.69) is 62.6 Å². The molecule has 7 rings (SSSR count). The van der Waals surface area contributed by atoms with Gasteiger partial charge in [-0.2, -0.15) is 0 Å². The third-order valence-electron chi connectivity index (χ3n) is 11.1. The van der Waals surface area contributed by atoms with Crippen molar-refractivity contribution in [3.05, 3.63) is 82.7 Å². The first-order valence-electron chi connectivity index (χ1n) is 18.1. The largest absolute Gasteiger partial charge is 0.331 e. The van der Waals surface area contributed by atoms with Gasteiger partial charge >= 0.3 is 0 Å². The highest BCUT2D eigenvalue weighted by Gasteiger charge is 2.45. The van der Waals surface area contributed by atoms with E-state index in [9.17, 15) is 4.79 Å². The summed E-state index contributed by atoms with van der Waals surface area (Å²) in [5.41, 5.74) is 15.8. The Kier molecular flexibility index (Phi) is 6.47. The molecule has 2 aromatic heterocycles. The van der Waals surface area contributed by atoms with E-state index in [4.69, 9.17) is 14.8 Å². The maximum atomic E-state index is 15.4. The van der Waals surface area contributed by atoms with Crippen LogP contribution in [0.3, 0.4) is 0 Å². The highest BCUT2D eigenvalue weighted by atomic mass is 28.3. The van der Waals surface area contributed by atoms with Crippen molar-refractivity contribution in [2.45, 2.75) is 101 Å². The number of amides is 1. The van der Waals surface area contributed by atoms with Crippen molar-refractivity contribution in [1.29, 1.82) is 0 Å². The molecule has 8 heteroatoms. The quantitative estimate of drug-likeness (QED) is 0.177. The maximum Gasteiger partial charge on any atom is 0.254 e. The van der Waals surface area contributed by atoms with Crippen LogP contribution in [0.4, 0.5) is 4.39 Å². The van der Waals surface area contributed by atoms with Gasteiger partial charge in [-0.1, -0.05) is 59.6 Å². The van der Waals surface area contributed by atoms with Crippen LogP contribution in [0.15, 0.2) is 48.7 Å². The number of benzene rings is 2. The minimum atomic E-state index is -2.69. The number of carbonyl (C=O) groups excluding carboxylic acids is 1. The van der Waals surface area contributed by atoms with Crippen molar-refractivity contribution in [2.24, 2.45) is 5.73 Å². The molecule has 2 aliphatic heterocycles.